The molecule has 4 N–H and O–H groups in total. The molecule has 8 nitrogen and oxygen atoms in total. The van der Waals surface area contributed by atoms with Crippen LogP contribution in [0.25, 0.3) is 0 Å². The van der Waals surface area contributed by atoms with Gasteiger partial charge in [-0.2, -0.15) is 0 Å². The summed E-state index contributed by atoms with van der Waals surface area (Å²) in [5.74, 6) is 1.27. The van der Waals surface area contributed by atoms with Gasteiger partial charge < -0.3 is 20.5 Å². The molecular formula is C18H33IN4O4S. The van der Waals surface area contributed by atoms with E-state index < -0.39 is 16.1 Å². The fraction of sp³-hybridized carbons (Fsp3) is 0.611. The zero-order valence-corrected chi connectivity index (χ0v) is 20.1. The molecule has 0 aliphatic rings. The summed E-state index contributed by atoms with van der Waals surface area (Å²) >= 11 is 0. The molecule has 28 heavy (non-hydrogen) atoms. The number of aliphatic hydroxyl groups excluding tert-OH is 1. The van der Waals surface area contributed by atoms with Crippen LogP contribution in [-0.4, -0.2) is 57.5 Å². The monoisotopic (exact) mass is 528 g/mol. The Hall–Kier alpha value is -1.11. The third kappa shape index (κ3) is 11.0. The summed E-state index contributed by atoms with van der Waals surface area (Å²) in [6.45, 7) is 8.88. The van der Waals surface area contributed by atoms with E-state index in [1.54, 1.807) is 13.0 Å². The topological polar surface area (TPSA) is 112 Å². The quantitative estimate of drug-likeness (QED) is 0.150. The molecule has 1 aromatic carbocycles. The normalized spacial score (nSPS) is 13.0. The number of benzene rings is 1. The highest BCUT2D eigenvalue weighted by Crippen LogP contribution is 2.20. The Bertz CT molecular complexity index is 699. The molecule has 0 aliphatic carbocycles. The average molecular weight is 528 g/mol. The van der Waals surface area contributed by atoms with E-state index in [2.05, 4.69) is 20.3 Å². The van der Waals surface area contributed by atoms with E-state index in [4.69, 9.17) is 4.74 Å². The van der Waals surface area contributed by atoms with Gasteiger partial charge in [0.05, 0.1) is 24.5 Å². The Morgan fingerprint density at radius 3 is 2.54 bits per heavy atom. The van der Waals surface area contributed by atoms with Crippen LogP contribution < -0.4 is 20.1 Å². The zero-order chi connectivity index (χ0) is 20.3. The van der Waals surface area contributed by atoms with E-state index in [9.17, 15) is 13.5 Å². The van der Waals surface area contributed by atoms with Crippen LogP contribution in [-0.2, 0) is 10.0 Å². The maximum atomic E-state index is 11.4. The van der Waals surface area contributed by atoms with Gasteiger partial charge >= 0.3 is 0 Å². The standard InChI is InChI=1S/C18H32N4O4S.HI/c1-5-19-18(20-10-11-22-27(24,25)6-2)21-13-17(23)15-8-7-9-16(12-15)26-14(3)4;/h7-9,12,14,17,22-23H,5-6,10-11,13H2,1-4H3,(H2,19,20,21);1H. The van der Waals surface area contributed by atoms with Gasteiger partial charge in [-0.1, -0.05) is 12.1 Å². The van der Waals surface area contributed by atoms with Crippen molar-refractivity contribution in [2.45, 2.75) is 39.9 Å². The fourth-order valence-electron chi connectivity index (χ4n) is 2.18. The molecule has 1 atom stereocenters. The lowest BCUT2D eigenvalue weighted by Crippen LogP contribution is -2.42. The Morgan fingerprint density at radius 2 is 1.93 bits per heavy atom. The predicted molar refractivity (Wildman–Crippen MR) is 124 cm³/mol. The van der Waals surface area contributed by atoms with Gasteiger partial charge in [-0.15, -0.1) is 24.0 Å². The summed E-state index contributed by atoms with van der Waals surface area (Å²) in [7, 11) is -3.21. The maximum absolute atomic E-state index is 11.4. The summed E-state index contributed by atoms with van der Waals surface area (Å²) in [4.78, 5) is 4.36. The van der Waals surface area contributed by atoms with Crippen molar-refractivity contribution in [2.24, 2.45) is 4.99 Å². The van der Waals surface area contributed by atoms with Crippen LogP contribution in [0.1, 0.15) is 39.4 Å². The van der Waals surface area contributed by atoms with Crippen molar-refractivity contribution in [3.8, 4) is 5.75 Å². The zero-order valence-electron chi connectivity index (χ0n) is 16.9. The Labute approximate surface area is 185 Å². The largest absolute Gasteiger partial charge is 0.491 e. The van der Waals surface area contributed by atoms with Crippen LogP contribution in [0.2, 0.25) is 0 Å². The van der Waals surface area contributed by atoms with Crippen LogP contribution in [0.5, 0.6) is 5.75 Å². The third-order valence-electron chi connectivity index (χ3n) is 3.50. The first-order valence-electron chi connectivity index (χ1n) is 9.21. The summed E-state index contributed by atoms with van der Waals surface area (Å²) < 4.78 is 30.9. The number of sulfonamides is 1. The fourth-order valence-corrected chi connectivity index (χ4v) is 2.80. The number of hydrogen-bond donors (Lipinski definition) is 4. The van der Waals surface area contributed by atoms with Gasteiger partial charge in [0.2, 0.25) is 10.0 Å². The van der Waals surface area contributed by atoms with Gasteiger partial charge in [-0.25, -0.2) is 13.1 Å². The molecule has 0 saturated carbocycles. The first-order valence-corrected chi connectivity index (χ1v) is 10.9. The third-order valence-corrected chi connectivity index (χ3v) is 4.90. The molecule has 0 saturated heterocycles. The van der Waals surface area contributed by atoms with E-state index in [0.717, 1.165) is 5.56 Å². The van der Waals surface area contributed by atoms with Crippen molar-refractivity contribution in [1.82, 2.24) is 15.4 Å². The number of rotatable bonds is 11. The molecule has 0 radical (unpaired) electrons. The minimum atomic E-state index is -3.21. The second kappa shape index (κ2) is 14.0. The minimum Gasteiger partial charge on any atom is -0.491 e. The molecule has 0 amide bonds. The highest BCUT2D eigenvalue weighted by molar-refractivity contribution is 14.0. The number of nitrogens with one attached hydrogen (secondary N) is 3. The molecule has 1 unspecified atom stereocenters. The number of hydrogen-bond acceptors (Lipinski definition) is 5. The van der Waals surface area contributed by atoms with Crippen molar-refractivity contribution in [2.75, 3.05) is 31.9 Å². The molecule has 0 bridgehead atoms. The van der Waals surface area contributed by atoms with Crippen LogP contribution in [0.15, 0.2) is 29.3 Å². The second-order valence-corrected chi connectivity index (χ2v) is 8.29. The average Bonchev–Trinajstić information content (AvgIpc) is 2.62. The molecule has 0 aromatic heterocycles. The number of ether oxygens (including phenoxy) is 1. The van der Waals surface area contributed by atoms with Crippen LogP contribution >= 0.6 is 24.0 Å². The molecule has 1 aromatic rings. The molecule has 0 heterocycles. The summed E-state index contributed by atoms with van der Waals surface area (Å²) in [6.07, 6.45) is -0.708. The highest BCUT2D eigenvalue weighted by Gasteiger charge is 2.10. The van der Waals surface area contributed by atoms with E-state index in [1.165, 1.54) is 0 Å². The van der Waals surface area contributed by atoms with E-state index in [-0.39, 0.29) is 48.9 Å². The van der Waals surface area contributed by atoms with Gasteiger partial charge in [0.25, 0.3) is 0 Å². The maximum Gasteiger partial charge on any atom is 0.211 e. The highest BCUT2D eigenvalue weighted by atomic mass is 127. The molecule has 10 heteroatoms. The SMILES string of the molecule is CCNC(=NCC(O)c1cccc(OC(C)C)c1)NCCNS(=O)(=O)CC.I. The lowest BCUT2D eigenvalue weighted by atomic mass is 10.1. The van der Waals surface area contributed by atoms with E-state index in [0.29, 0.717) is 24.8 Å². The van der Waals surface area contributed by atoms with Gasteiger partial charge in [0.15, 0.2) is 5.96 Å². The van der Waals surface area contributed by atoms with Crippen LogP contribution in [0, 0.1) is 0 Å². The van der Waals surface area contributed by atoms with Gasteiger partial charge in [-0.3, -0.25) is 4.99 Å². The van der Waals surface area contributed by atoms with Crippen molar-refractivity contribution in [1.29, 1.82) is 0 Å². The van der Waals surface area contributed by atoms with Crippen molar-refractivity contribution >= 4 is 40.0 Å². The van der Waals surface area contributed by atoms with E-state index >= 15 is 0 Å². The Balaban J connectivity index is 0.00000729. The van der Waals surface area contributed by atoms with Crippen LogP contribution in [0.3, 0.4) is 0 Å². The summed E-state index contributed by atoms with van der Waals surface area (Å²) in [5.41, 5.74) is 0.725. The number of nitrogens with zero attached hydrogens (tertiary/aromatic N) is 1. The lowest BCUT2D eigenvalue weighted by molar-refractivity contribution is 0.185. The lowest BCUT2D eigenvalue weighted by Gasteiger charge is -2.15. The van der Waals surface area contributed by atoms with Crippen LogP contribution in [0.4, 0.5) is 0 Å². The van der Waals surface area contributed by atoms with Gasteiger partial charge in [-0.05, 0) is 45.4 Å². The smallest absolute Gasteiger partial charge is 0.211 e. The Kier molecular flexibility index (Phi) is 13.4. The molecule has 0 aliphatic heterocycles. The number of halogens is 1. The summed E-state index contributed by atoms with van der Waals surface area (Å²) in [6, 6.07) is 7.32. The first-order chi connectivity index (χ1) is 12.8. The van der Waals surface area contributed by atoms with Crippen molar-refractivity contribution in [3.05, 3.63) is 29.8 Å². The van der Waals surface area contributed by atoms with E-state index in [1.807, 2.05) is 39.0 Å². The number of guanidine groups is 1. The number of aliphatic hydroxyl groups is 1. The van der Waals surface area contributed by atoms with Gasteiger partial charge in [0, 0.05) is 19.6 Å². The molecular weight excluding hydrogens is 495 g/mol. The summed E-state index contributed by atoms with van der Waals surface area (Å²) in [5, 5.41) is 16.5. The molecule has 0 fully saturated rings. The minimum absolute atomic E-state index is 0. The Morgan fingerprint density at radius 1 is 1.21 bits per heavy atom. The molecule has 162 valence electrons. The predicted octanol–water partition coefficient (Wildman–Crippen LogP) is 1.62. The van der Waals surface area contributed by atoms with Gasteiger partial charge in [0.1, 0.15) is 5.75 Å². The number of aliphatic imine (C=N–C) groups is 1. The first kappa shape index (κ1) is 26.9. The molecule has 1 rings (SSSR count). The second-order valence-electron chi connectivity index (χ2n) is 6.20. The van der Waals surface area contributed by atoms with Crippen molar-refractivity contribution in [3.63, 3.8) is 0 Å². The molecule has 0 spiro atoms. The van der Waals surface area contributed by atoms with Crippen molar-refractivity contribution < 1.29 is 18.3 Å².